The van der Waals surface area contributed by atoms with Gasteiger partial charge in [0.15, 0.2) is 0 Å². The molecule has 6 heteroatoms. The molecular formula is C13H13ClN2OS2. The van der Waals surface area contributed by atoms with Gasteiger partial charge >= 0.3 is 0 Å². The van der Waals surface area contributed by atoms with Crippen LogP contribution in [0.4, 0.5) is 5.69 Å². The van der Waals surface area contributed by atoms with Gasteiger partial charge in [0.1, 0.15) is 4.34 Å². The second-order valence-corrected chi connectivity index (χ2v) is 6.50. The minimum Gasteiger partial charge on any atom is -0.326 e. The third kappa shape index (κ3) is 3.96. The summed E-state index contributed by atoms with van der Waals surface area (Å²) in [5.41, 5.74) is 1.68. The molecule has 0 fully saturated rings. The lowest BCUT2D eigenvalue weighted by Gasteiger charge is -2.04. The van der Waals surface area contributed by atoms with Crippen molar-refractivity contribution in [3.8, 4) is 0 Å². The van der Waals surface area contributed by atoms with Crippen LogP contribution in [0.2, 0.25) is 5.02 Å². The number of thiazole rings is 1. The summed E-state index contributed by atoms with van der Waals surface area (Å²) in [6.07, 6.45) is 2.34. The molecule has 1 heterocycles. The minimum absolute atomic E-state index is 0.0401. The van der Waals surface area contributed by atoms with Gasteiger partial charge in [0, 0.05) is 15.6 Å². The van der Waals surface area contributed by atoms with Crippen molar-refractivity contribution >= 4 is 46.3 Å². The number of nitrogens with zero attached hydrogens (tertiary/aromatic N) is 1. The van der Waals surface area contributed by atoms with E-state index in [2.05, 4.69) is 10.3 Å². The fraction of sp³-hybridized carbons (Fsp3) is 0.231. The molecule has 3 nitrogen and oxygen atoms in total. The maximum Gasteiger partial charge on any atom is 0.229 e. The SMILES string of the molecule is CSc1nc(C)c(CC(=O)Nc2ccc(Cl)cc2)s1. The van der Waals surface area contributed by atoms with E-state index in [1.54, 1.807) is 47.4 Å². The molecule has 2 rings (SSSR count). The Morgan fingerprint density at radius 2 is 2.11 bits per heavy atom. The third-order valence-electron chi connectivity index (χ3n) is 2.50. The highest BCUT2D eigenvalue weighted by Gasteiger charge is 2.11. The molecule has 0 spiro atoms. The van der Waals surface area contributed by atoms with Gasteiger partial charge in [0.25, 0.3) is 0 Å². The van der Waals surface area contributed by atoms with Gasteiger partial charge in [-0.3, -0.25) is 4.79 Å². The van der Waals surface area contributed by atoms with Crippen LogP contribution in [0, 0.1) is 6.92 Å². The monoisotopic (exact) mass is 312 g/mol. The largest absolute Gasteiger partial charge is 0.326 e. The standard InChI is InChI=1S/C13H13ClN2OS2/c1-8-11(19-13(15-8)18-2)7-12(17)16-10-5-3-9(14)4-6-10/h3-6H,7H2,1-2H3,(H,16,17). The van der Waals surface area contributed by atoms with E-state index in [0.717, 1.165) is 20.6 Å². The molecule has 0 aliphatic rings. The maximum absolute atomic E-state index is 11.9. The van der Waals surface area contributed by atoms with Crippen LogP contribution >= 0.6 is 34.7 Å². The highest BCUT2D eigenvalue weighted by Crippen LogP contribution is 2.26. The van der Waals surface area contributed by atoms with Crippen LogP contribution in [0.3, 0.4) is 0 Å². The summed E-state index contributed by atoms with van der Waals surface area (Å²) in [5.74, 6) is -0.0401. The van der Waals surface area contributed by atoms with Crippen molar-refractivity contribution < 1.29 is 4.79 Å². The molecule has 0 saturated carbocycles. The first kappa shape index (κ1) is 14.4. The van der Waals surface area contributed by atoms with Gasteiger partial charge in [-0.2, -0.15) is 0 Å². The summed E-state index contributed by atoms with van der Waals surface area (Å²) in [4.78, 5) is 17.3. The first-order valence-electron chi connectivity index (χ1n) is 5.64. The Kier molecular flexibility index (Phi) is 4.85. The summed E-state index contributed by atoms with van der Waals surface area (Å²) in [7, 11) is 0. The molecule has 0 bridgehead atoms. The molecule has 0 atom stereocenters. The van der Waals surface area contributed by atoms with E-state index in [1.807, 2.05) is 13.2 Å². The number of aromatic nitrogens is 1. The molecule has 0 aliphatic heterocycles. The number of hydrogen-bond donors (Lipinski definition) is 1. The first-order valence-corrected chi connectivity index (χ1v) is 8.06. The number of aryl methyl sites for hydroxylation is 1. The number of carbonyl (C=O) groups is 1. The third-order valence-corrected chi connectivity index (χ3v) is 4.89. The van der Waals surface area contributed by atoms with E-state index in [1.165, 1.54) is 0 Å². The van der Waals surface area contributed by atoms with E-state index in [-0.39, 0.29) is 5.91 Å². The molecule has 0 aliphatic carbocycles. The van der Waals surface area contributed by atoms with Crippen LogP contribution < -0.4 is 5.32 Å². The van der Waals surface area contributed by atoms with E-state index in [9.17, 15) is 4.79 Å². The Morgan fingerprint density at radius 3 is 2.68 bits per heavy atom. The van der Waals surface area contributed by atoms with Gasteiger partial charge in [0.2, 0.25) is 5.91 Å². The zero-order chi connectivity index (χ0) is 13.8. The molecule has 100 valence electrons. The molecule has 1 aromatic carbocycles. The van der Waals surface area contributed by atoms with Gasteiger partial charge in [-0.15, -0.1) is 11.3 Å². The number of benzene rings is 1. The van der Waals surface area contributed by atoms with Crippen molar-refractivity contribution in [1.82, 2.24) is 4.98 Å². The lowest BCUT2D eigenvalue weighted by atomic mass is 10.2. The highest BCUT2D eigenvalue weighted by atomic mass is 35.5. The quantitative estimate of drug-likeness (QED) is 0.867. The van der Waals surface area contributed by atoms with Crippen LogP contribution in [0.15, 0.2) is 28.6 Å². The molecule has 0 saturated heterocycles. The van der Waals surface area contributed by atoms with Crippen molar-refractivity contribution in [1.29, 1.82) is 0 Å². The lowest BCUT2D eigenvalue weighted by Crippen LogP contribution is -2.14. The number of nitrogens with one attached hydrogen (secondary N) is 1. The maximum atomic E-state index is 11.9. The number of carbonyl (C=O) groups excluding carboxylic acids is 1. The summed E-state index contributed by atoms with van der Waals surface area (Å²) in [6, 6.07) is 7.07. The Balaban J connectivity index is 2.00. The highest BCUT2D eigenvalue weighted by molar-refractivity contribution is 8.00. The van der Waals surface area contributed by atoms with Crippen molar-refractivity contribution in [3.63, 3.8) is 0 Å². The van der Waals surface area contributed by atoms with Gasteiger partial charge in [-0.25, -0.2) is 4.98 Å². The van der Waals surface area contributed by atoms with Crippen molar-refractivity contribution in [2.45, 2.75) is 17.7 Å². The fourth-order valence-electron chi connectivity index (χ4n) is 1.54. The second kappa shape index (κ2) is 6.41. The Labute approximate surface area is 125 Å². The Bertz CT molecular complexity index is 581. The van der Waals surface area contributed by atoms with Crippen LogP contribution in [-0.2, 0) is 11.2 Å². The smallest absolute Gasteiger partial charge is 0.229 e. The van der Waals surface area contributed by atoms with E-state index < -0.39 is 0 Å². The van der Waals surface area contributed by atoms with Gasteiger partial charge < -0.3 is 5.32 Å². The number of rotatable bonds is 4. The van der Waals surface area contributed by atoms with E-state index >= 15 is 0 Å². The predicted molar refractivity (Wildman–Crippen MR) is 82.4 cm³/mol. The summed E-state index contributed by atoms with van der Waals surface area (Å²) < 4.78 is 0.992. The first-order chi connectivity index (χ1) is 9.08. The minimum atomic E-state index is -0.0401. The summed E-state index contributed by atoms with van der Waals surface area (Å²) in [5, 5.41) is 3.50. The van der Waals surface area contributed by atoms with Crippen LogP contribution in [0.25, 0.3) is 0 Å². The molecule has 1 aromatic heterocycles. The Hall–Kier alpha value is -1.04. The average molecular weight is 313 g/mol. The van der Waals surface area contributed by atoms with Gasteiger partial charge in [-0.05, 0) is 37.4 Å². The van der Waals surface area contributed by atoms with E-state index in [0.29, 0.717) is 11.4 Å². The van der Waals surface area contributed by atoms with E-state index in [4.69, 9.17) is 11.6 Å². The van der Waals surface area contributed by atoms with Crippen molar-refractivity contribution in [2.24, 2.45) is 0 Å². The predicted octanol–water partition coefficient (Wildman–Crippen LogP) is 4.01. The van der Waals surface area contributed by atoms with Gasteiger partial charge in [0.05, 0.1) is 12.1 Å². The number of thioether (sulfide) groups is 1. The topological polar surface area (TPSA) is 42.0 Å². The van der Waals surface area contributed by atoms with Crippen LogP contribution in [0.5, 0.6) is 0 Å². The van der Waals surface area contributed by atoms with Crippen molar-refractivity contribution in [2.75, 3.05) is 11.6 Å². The molecule has 1 N–H and O–H groups in total. The molecule has 19 heavy (non-hydrogen) atoms. The Morgan fingerprint density at radius 1 is 1.42 bits per heavy atom. The average Bonchev–Trinajstić information content (AvgIpc) is 2.73. The number of anilines is 1. The van der Waals surface area contributed by atoms with Crippen molar-refractivity contribution in [3.05, 3.63) is 39.9 Å². The molecule has 0 radical (unpaired) electrons. The molecule has 1 amide bonds. The molecule has 2 aromatic rings. The zero-order valence-corrected chi connectivity index (χ0v) is 13.0. The lowest BCUT2D eigenvalue weighted by molar-refractivity contribution is -0.115. The summed E-state index contributed by atoms with van der Waals surface area (Å²) in [6.45, 7) is 1.93. The van der Waals surface area contributed by atoms with Crippen LogP contribution in [0.1, 0.15) is 10.6 Å². The number of amides is 1. The van der Waals surface area contributed by atoms with Gasteiger partial charge in [-0.1, -0.05) is 23.4 Å². The summed E-state index contributed by atoms with van der Waals surface area (Å²) >= 11 is 8.96. The number of halogens is 1. The number of hydrogen-bond acceptors (Lipinski definition) is 4. The second-order valence-electron chi connectivity index (χ2n) is 3.92. The normalized spacial score (nSPS) is 10.5. The zero-order valence-electron chi connectivity index (χ0n) is 10.6. The molecule has 0 unspecified atom stereocenters. The molecular weight excluding hydrogens is 300 g/mol. The fourth-order valence-corrected chi connectivity index (χ4v) is 3.32. The van der Waals surface area contributed by atoms with Crippen LogP contribution in [-0.4, -0.2) is 17.1 Å².